The van der Waals surface area contributed by atoms with Crippen LogP contribution in [0.25, 0.3) is 0 Å². The first kappa shape index (κ1) is 29.4. The van der Waals surface area contributed by atoms with Crippen molar-refractivity contribution in [1.82, 2.24) is 14.6 Å². The number of ether oxygens (including phenoxy) is 2. The summed E-state index contributed by atoms with van der Waals surface area (Å²) >= 11 is 12.6. The van der Waals surface area contributed by atoms with Gasteiger partial charge in [0.15, 0.2) is 10.6 Å². The van der Waals surface area contributed by atoms with Gasteiger partial charge in [0, 0.05) is 12.3 Å². The van der Waals surface area contributed by atoms with E-state index < -0.39 is 60.4 Å². The highest BCUT2D eigenvalue weighted by atomic mass is 35.5. The lowest BCUT2D eigenvalue weighted by molar-refractivity contribution is -0.150. The standard InChI is InChI=1S/C22H28Cl2N3O9P/c1-4-13(2)34-19(30)14(3)26-37(32,36-15-8-6-5-7-9-15)33-12-16-18(29)22(23,24)20(35-16)27-11-10-17(28)25-21(27)31/h5-11,13-14,16,18,20,29H,4,12H2,1-3H3,(H,26,32)(H,25,28,31)/t13-,14?,16+,18+,20+,37?/m0/s1. The molecule has 0 bridgehead atoms. The Morgan fingerprint density at radius 2 is 1.95 bits per heavy atom. The third kappa shape index (κ3) is 7.23. The Bertz CT molecular complexity index is 1240. The number of hydrogen-bond acceptors (Lipinski definition) is 9. The number of halogens is 2. The molecule has 3 N–H and O–H groups in total. The van der Waals surface area contributed by atoms with Gasteiger partial charge in [-0.1, -0.05) is 48.3 Å². The van der Waals surface area contributed by atoms with Gasteiger partial charge < -0.3 is 19.1 Å². The van der Waals surface area contributed by atoms with Crippen molar-refractivity contribution < 1.29 is 33.0 Å². The fraction of sp³-hybridized carbons (Fsp3) is 0.500. The Kier molecular flexibility index (Phi) is 9.62. The maximum Gasteiger partial charge on any atom is 0.459 e. The van der Waals surface area contributed by atoms with Gasteiger partial charge in [-0.05, 0) is 32.4 Å². The number of carbonyl (C=O) groups is 1. The van der Waals surface area contributed by atoms with Gasteiger partial charge in [0.25, 0.3) is 5.56 Å². The molecule has 2 heterocycles. The van der Waals surface area contributed by atoms with Crippen molar-refractivity contribution in [2.24, 2.45) is 0 Å². The van der Waals surface area contributed by atoms with E-state index in [-0.39, 0.29) is 11.9 Å². The lowest BCUT2D eigenvalue weighted by Gasteiger charge is -2.25. The molecule has 1 aromatic carbocycles. The first-order chi connectivity index (χ1) is 17.4. The van der Waals surface area contributed by atoms with Crippen molar-refractivity contribution in [3.63, 3.8) is 0 Å². The van der Waals surface area contributed by atoms with Crippen LogP contribution in [0.1, 0.15) is 33.4 Å². The predicted molar refractivity (Wildman–Crippen MR) is 135 cm³/mol. The molecule has 2 unspecified atom stereocenters. The van der Waals surface area contributed by atoms with Crippen molar-refractivity contribution in [3.8, 4) is 5.75 Å². The summed E-state index contributed by atoms with van der Waals surface area (Å²) in [5, 5.41) is 13.2. The molecule has 1 saturated heterocycles. The number of aromatic amines is 1. The fourth-order valence-electron chi connectivity index (χ4n) is 3.27. The second kappa shape index (κ2) is 12.1. The summed E-state index contributed by atoms with van der Waals surface area (Å²) in [7, 11) is -4.28. The number of hydrogen-bond donors (Lipinski definition) is 3. The molecule has 2 aromatic rings. The second-order valence-electron chi connectivity index (χ2n) is 8.37. The smallest absolute Gasteiger partial charge is 0.459 e. The molecule has 1 aromatic heterocycles. The Morgan fingerprint density at radius 3 is 2.57 bits per heavy atom. The Labute approximate surface area is 222 Å². The van der Waals surface area contributed by atoms with Gasteiger partial charge in [-0.2, -0.15) is 5.09 Å². The van der Waals surface area contributed by atoms with Crippen LogP contribution in [0.3, 0.4) is 0 Å². The summed E-state index contributed by atoms with van der Waals surface area (Å²) in [6.45, 7) is 4.42. The van der Waals surface area contributed by atoms with Gasteiger partial charge in [-0.25, -0.2) is 9.36 Å². The summed E-state index contributed by atoms with van der Waals surface area (Å²) < 4.78 is 34.6. The number of carbonyl (C=O) groups excluding carboxylic acids is 1. The molecule has 204 valence electrons. The quantitative estimate of drug-likeness (QED) is 0.205. The number of nitrogens with one attached hydrogen (secondary N) is 2. The number of rotatable bonds is 11. The van der Waals surface area contributed by atoms with Crippen LogP contribution in [0.4, 0.5) is 0 Å². The Hall–Kier alpha value is -2.18. The van der Waals surface area contributed by atoms with E-state index in [1.54, 1.807) is 25.1 Å². The molecule has 0 saturated carbocycles. The van der Waals surface area contributed by atoms with Gasteiger partial charge >= 0.3 is 19.4 Å². The van der Waals surface area contributed by atoms with E-state index in [4.69, 9.17) is 41.7 Å². The van der Waals surface area contributed by atoms with E-state index in [2.05, 4.69) is 5.09 Å². The van der Waals surface area contributed by atoms with E-state index >= 15 is 0 Å². The van der Waals surface area contributed by atoms with E-state index in [1.807, 2.05) is 11.9 Å². The number of aliphatic hydroxyl groups is 1. The van der Waals surface area contributed by atoms with Crippen LogP contribution >= 0.6 is 30.9 Å². The van der Waals surface area contributed by atoms with Crippen molar-refractivity contribution in [2.45, 2.75) is 62.1 Å². The summed E-state index contributed by atoms with van der Waals surface area (Å²) in [4.78, 5) is 38.1. The molecule has 3 rings (SSSR count). The molecule has 0 spiro atoms. The number of aliphatic hydroxyl groups excluding tert-OH is 1. The first-order valence-corrected chi connectivity index (χ1v) is 13.7. The maximum absolute atomic E-state index is 13.7. The largest absolute Gasteiger partial charge is 0.462 e. The van der Waals surface area contributed by atoms with Crippen LogP contribution < -0.4 is 20.9 Å². The number of para-hydroxylation sites is 1. The topological polar surface area (TPSA) is 158 Å². The minimum Gasteiger partial charge on any atom is -0.462 e. The zero-order chi connectivity index (χ0) is 27.4. The van der Waals surface area contributed by atoms with E-state index in [9.17, 15) is 24.1 Å². The van der Waals surface area contributed by atoms with Crippen LogP contribution in [0, 0.1) is 0 Å². The minimum atomic E-state index is -4.28. The SMILES string of the molecule is CC[C@H](C)OC(=O)C(C)NP(=O)(OC[C@H]1O[C@@H](n2ccc(=O)[nH]c2=O)C(Cl)(Cl)[C@@H]1O)Oc1ccccc1. The highest BCUT2D eigenvalue weighted by Gasteiger charge is 2.56. The molecule has 12 nitrogen and oxygen atoms in total. The highest BCUT2D eigenvalue weighted by Crippen LogP contribution is 2.49. The Morgan fingerprint density at radius 1 is 1.27 bits per heavy atom. The zero-order valence-electron chi connectivity index (χ0n) is 20.2. The van der Waals surface area contributed by atoms with Gasteiger partial charge in [0.05, 0.1) is 12.7 Å². The molecule has 0 radical (unpaired) electrons. The molecule has 0 amide bonds. The number of nitrogens with zero attached hydrogens (tertiary/aromatic N) is 1. The molecule has 6 atom stereocenters. The van der Waals surface area contributed by atoms with Crippen molar-refractivity contribution in [2.75, 3.05) is 6.61 Å². The molecule has 0 aliphatic carbocycles. The zero-order valence-corrected chi connectivity index (χ0v) is 22.6. The van der Waals surface area contributed by atoms with Gasteiger partial charge in [-0.15, -0.1) is 0 Å². The van der Waals surface area contributed by atoms with Crippen LogP contribution in [0.5, 0.6) is 5.75 Å². The number of benzene rings is 1. The molecular formula is C22H28Cl2N3O9P. The Balaban J connectivity index is 1.79. The van der Waals surface area contributed by atoms with Gasteiger partial charge in [-0.3, -0.25) is 23.7 Å². The number of H-pyrrole nitrogens is 1. The monoisotopic (exact) mass is 579 g/mol. The van der Waals surface area contributed by atoms with Crippen LogP contribution in [-0.4, -0.2) is 55.9 Å². The maximum atomic E-state index is 13.7. The summed E-state index contributed by atoms with van der Waals surface area (Å²) in [6, 6.07) is 8.03. The van der Waals surface area contributed by atoms with E-state index in [0.717, 1.165) is 16.8 Å². The summed E-state index contributed by atoms with van der Waals surface area (Å²) in [6.07, 6.45) is -2.98. The lowest BCUT2D eigenvalue weighted by atomic mass is 10.2. The van der Waals surface area contributed by atoms with E-state index in [1.165, 1.54) is 19.1 Å². The third-order valence-corrected chi connectivity index (χ3v) is 7.92. The van der Waals surface area contributed by atoms with Crippen molar-refractivity contribution in [1.29, 1.82) is 0 Å². The minimum absolute atomic E-state index is 0.176. The van der Waals surface area contributed by atoms with Crippen LogP contribution in [0.15, 0.2) is 52.2 Å². The van der Waals surface area contributed by atoms with Crippen LogP contribution in [0.2, 0.25) is 0 Å². The molecular weight excluding hydrogens is 552 g/mol. The predicted octanol–water partition coefficient (Wildman–Crippen LogP) is 2.49. The summed E-state index contributed by atoms with van der Waals surface area (Å²) in [5.41, 5.74) is -1.52. The molecule has 1 aliphatic rings. The van der Waals surface area contributed by atoms with E-state index in [0.29, 0.717) is 6.42 Å². The van der Waals surface area contributed by atoms with Crippen molar-refractivity contribution in [3.05, 3.63) is 63.4 Å². The number of esters is 1. The molecule has 1 aliphatic heterocycles. The number of aromatic nitrogens is 2. The highest BCUT2D eigenvalue weighted by molar-refractivity contribution is 7.52. The molecule has 37 heavy (non-hydrogen) atoms. The van der Waals surface area contributed by atoms with Gasteiger partial charge in [0.2, 0.25) is 0 Å². The third-order valence-electron chi connectivity index (χ3n) is 5.46. The number of alkyl halides is 2. The normalized spacial score (nSPS) is 24.1. The molecule has 1 fully saturated rings. The van der Waals surface area contributed by atoms with Crippen LogP contribution in [-0.2, 0) is 23.4 Å². The average molecular weight is 580 g/mol. The van der Waals surface area contributed by atoms with Gasteiger partial charge in [0.1, 0.15) is 24.0 Å². The van der Waals surface area contributed by atoms with Crippen molar-refractivity contribution >= 4 is 36.9 Å². The fourth-order valence-corrected chi connectivity index (χ4v) is 5.37. The second-order valence-corrected chi connectivity index (χ2v) is 11.5. The lowest BCUT2D eigenvalue weighted by Crippen LogP contribution is -2.41. The summed E-state index contributed by atoms with van der Waals surface area (Å²) in [5.74, 6) is -0.500. The average Bonchev–Trinajstić information content (AvgIpc) is 3.06. The first-order valence-electron chi connectivity index (χ1n) is 11.4. The molecule has 15 heteroatoms.